The summed E-state index contributed by atoms with van der Waals surface area (Å²) in [7, 11) is 1.82. The SMILES string of the molecule is CC(C)CNc1nc(-c2ccc(C(C)C)cc2)c2c(N)n(C)nc2n1. The Morgan fingerprint density at radius 2 is 1.76 bits per heavy atom. The van der Waals surface area contributed by atoms with E-state index in [-0.39, 0.29) is 0 Å². The van der Waals surface area contributed by atoms with Gasteiger partial charge in [0.25, 0.3) is 0 Å². The van der Waals surface area contributed by atoms with Gasteiger partial charge in [0.15, 0.2) is 5.65 Å². The summed E-state index contributed by atoms with van der Waals surface area (Å²) in [5.74, 6) is 2.16. The monoisotopic (exact) mass is 338 g/mol. The number of nitrogen functional groups attached to an aromatic ring is 1. The van der Waals surface area contributed by atoms with Crippen LogP contribution in [0, 0.1) is 5.92 Å². The Kier molecular flexibility index (Phi) is 4.61. The van der Waals surface area contributed by atoms with E-state index < -0.39 is 0 Å². The molecule has 0 bridgehead atoms. The Labute approximate surface area is 148 Å². The quantitative estimate of drug-likeness (QED) is 0.739. The Morgan fingerprint density at radius 3 is 2.36 bits per heavy atom. The molecule has 0 aliphatic heterocycles. The Balaban J connectivity index is 2.13. The van der Waals surface area contributed by atoms with E-state index in [0.29, 0.717) is 29.2 Å². The van der Waals surface area contributed by atoms with Gasteiger partial charge in [0, 0.05) is 19.2 Å². The topological polar surface area (TPSA) is 81.6 Å². The Hall–Kier alpha value is -2.63. The van der Waals surface area contributed by atoms with Crippen LogP contribution in [0.4, 0.5) is 11.8 Å². The van der Waals surface area contributed by atoms with Crippen molar-refractivity contribution in [2.75, 3.05) is 17.6 Å². The minimum atomic E-state index is 0.492. The molecule has 0 saturated heterocycles. The first-order valence-corrected chi connectivity index (χ1v) is 8.71. The molecule has 0 unspecified atom stereocenters. The predicted molar refractivity (Wildman–Crippen MR) is 104 cm³/mol. The number of nitrogens with two attached hydrogens (primary N) is 1. The van der Waals surface area contributed by atoms with E-state index in [4.69, 9.17) is 10.7 Å². The molecule has 0 amide bonds. The van der Waals surface area contributed by atoms with Crippen molar-refractivity contribution in [3.05, 3.63) is 29.8 Å². The maximum Gasteiger partial charge on any atom is 0.225 e. The van der Waals surface area contributed by atoms with Crippen molar-refractivity contribution in [2.45, 2.75) is 33.6 Å². The number of nitrogens with one attached hydrogen (secondary N) is 1. The molecule has 0 fully saturated rings. The number of anilines is 2. The van der Waals surface area contributed by atoms with Gasteiger partial charge in [0.05, 0.1) is 11.1 Å². The minimum Gasteiger partial charge on any atom is -0.383 e. The van der Waals surface area contributed by atoms with Gasteiger partial charge in [-0.15, -0.1) is 0 Å². The van der Waals surface area contributed by atoms with Crippen LogP contribution in [0.15, 0.2) is 24.3 Å². The molecular weight excluding hydrogens is 312 g/mol. The van der Waals surface area contributed by atoms with Crippen molar-refractivity contribution >= 4 is 22.8 Å². The molecule has 3 N–H and O–H groups in total. The van der Waals surface area contributed by atoms with Gasteiger partial charge in [-0.3, -0.25) is 4.68 Å². The van der Waals surface area contributed by atoms with Crippen molar-refractivity contribution in [3.63, 3.8) is 0 Å². The molecule has 0 atom stereocenters. The lowest BCUT2D eigenvalue weighted by atomic mass is 10.00. The summed E-state index contributed by atoms with van der Waals surface area (Å²) >= 11 is 0. The van der Waals surface area contributed by atoms with Gasteiger partial charge in [-0.25, -0.2) is 4.98 Å². The molecule has 0 radical (unpaired) electrons. The first-order chi connectivity index (χ1) is 11.9. The molecule has 0 spiro atoms. The molecule has 1 aromatic carbocycles. The predicted octanol–water partition coefficient (Wildman–Crippen LogP) is 3.80. The molecule has 0 aliphatic rings. The number of fused-ring (bicyclic) bond motifs is 1. The lowest BCUT2D eigenvalue weighted by Crippen LogP contribution is -2.11. The van der Waals surface area contributed by atoms with Gasteiger partial charge in [-0.1, -0.05) is 52.0 Å². The largest absolute Gasteiger partial charge is 0.383 e. The number of hydrogen-bond donors (Lipinski definition) is 2. The second-order valence-electron chi connectivity index (χ2n) is 7.15. The fourth-order valence-electron chi connectivity index (χ4n) is 2.72. The van der Waals surface area contributed by atoms with Gasteiger partial charge in [0.2, 0.25) is 5.95 Å². The van der Waals surface area contributed by atoms with Crippen molar-refractivity contribution < 1.29 is 0 Å². The van der Waals surface area contributed by atoms with Crippen molar-refractivity contribution in [3.8, 4) is 11.3 Å². The number of aromatic nitrogens is 4. The highest BCUT2D eigenvalue weighted by molar-refractivity contribution is 5.98. The van der Waals surface area contributed by atoms with Crippen LogP contribution in [-0.2, 0) is 7.05 Å². The highest BCUT2D eigenvalue weighted by atomic mass is 15.3. The first kappa shape index (κ1) is 17.2. The van der Waals surface area contributed by atoms with Crippen LogP contribution in [-0.4, -0.2) is 26.3 Å². The molecule has 6 nitrogen and oxygen atoms in total. The number of hydrogen-bond acceptors (Lipinski definition) is 5. The summed E-state index contributed by atoms with van der Waals surface area (Å²) in [5, 5.41) is 8.53. The second-order valence-corrected chi connectivity index (χ2v) is 7.15. The molecule has 3 aromatic rings. The van der Waals surface area contributed by atoms with Crippen LogP contribution in [0.3, 0.4) is 0 Å². The third kappa shape index (κ3) is 3.43. The molecule has 0 saturated carbocycles. The zero-order valence-electron chi connectivity index (χ0n) is 15.5. The second kappa shape index (κ2) is 6.70. The summed E-state index contributed by atoms with van der Waals surface area (Å²) in [5.41, 5.74) is 9.97. The molecule has 25 heavy (non-hydrogen) atoms. The van der Waals surface area contributed by atoms with E-state index in [1.54, 1.807) is 4.68 Å². The average molecular weight is 338 g/mol. The number of rotatable bonds is 5. The Morgan fingerprint density at radius 1 is 1.08 bits per heavy atom. The van der Waals surface area contributed by atoms with Gasteiger partial charge >= 0.3 is 0 Å². The number of aryl methyl sites for hydroxylation is 1. The fourth-order valence-corrected chi connectivity index (χ4v) is 2.72. The fraction of sp³-hybridized carbons (Fsp3) is 0.421. The summed E-state index contributed by atoms with van der Waals surface area (Å²) in [6.07, 6.45) is 0. The Bertz CT molecular complexity index is 877. The number of benzene rings is 1. The van der Waals surface area contributed by atoms with E-state index in [1.807, 2.05) is 7.05 Å². The molecule has 0 aliphatic carbocycles. The van der Waals surface area contributed by atoms with Crippen LogP contribution >= 0.6 is 0 Å². The lowest BCUT2D eigenvalue weighted by molar-refractivity contribution is 0.685. The third-order valence-electron chi connectivity index (χ3n) is 4.26. The molecule has 3 rings (SSSR count). The molecule has 2 heterocycles. The van der Waals surface area contributed by atoms with E-state index in [2.05, 4.69) is 67.4 Å². The summed E-state index contributed by atoms with van der Waals surface area (Å²) in [6, 6.07) is 8.47. The summed E-state index contributed by atoms with van der Waals surface area (Å²) in [6.45, 7) is 9.47. The molecule has 132 valence electrons. The molecule has 2 aromatic heterocycles. The standard InChI is InChI=1S/C19H26N6/c1-11(2)10-21-19-22-16(14-8-6-13(7-9-14)12(3)4)15-17(20)25(5)24-18(15)23-19/h6-9,11-12H,10,20H2,1-5H3,(H,21,23,24). The van der Waals surface area contributed by atoms with E-state index in [0.717, 1.165) is 23.2 Å². The normalized spacial score (nSPS) is 11.6. The van der Waals surface area contributed by atoms with Crippen LogP contribution in [0.1, 0.15) is 39.2 Å². The van der Waals surface area contributed by atoms with Crippen LogP contribution < -0.4 is 11.1 Å². The zero-order chi connectivity index (χ0) is 18.1. The van der Waals surface area contributed by atoms with Crippen LogP contribution in [0.5, 0.6) is 0 Å². The first-order valence-electron chi connectivity index (χ1n) is 8.71. The third-order valence-corrected chi connectivity index (χ3v) is 4.26. The smallest absolute Gasteiger partial charge is 0.225 e. The van der Waals surface area contributed by atoms with Crippen molar-refractivity contribution in [2.24, 2.45) is 13.0 Å². The van der Waals surface area contributed by atoms with Gasteiger partial charge < -0.3 is 11.1 Å². The van der Waals surface area contributed by atoms with Gasteiger partial charge in [-0.05, 0) is 17.4 Å². The van der Waals surface area contributed by atoms with Gasteiger partial charge in [-0.2, -0.15) is 10.1 Å². The highest BCUT2D eigenvalue weighted by Crippen LogP contribution is 2.31. The van der Waals surface area contributed by atoms with Crippen LogP contribution in [0.2, 0.25) is 0 Å². The van der Waals surface area contributed by atoms with Crippen LogP contribution in [0.25, 0.3) is 22.3 Å². The van der Waals surface area contributed by atoms with Gasteiger partial charge in [0.1, 0.15) is 5.82 Å². The average Bonchev–Trinajstić information content (AvgIpc) is 2.87. The van der Waals surface area contributed by atoms with E-state index >= 15 is 0 Å². The summed E-state index contributed by atoms with van der Waals surface area (Å²) in [4.78, 5) is 9.26. The van der Waals surface area contributed by atoms with Crippen molar-refractivity contribution in [1.29, 1.82) is 0 Å². The number of nitrogens with zero attached hydrogens (tertiary/aromatic N) is 4. The molecule has 6 heteroatoms. The summed E-state index contributed by atoms with van der Waals surface area (Å²) < 4.78 is 1.65. The van der Waals surface area contributed by atoms with E-state index in [9.17, 15) is 0 Å². The minimum absolute atomic E-state index is 0.492. The van der Waals surface area contributed by atoms with E-state index in [1.165, 1.54) is 5.56 Å². The maximum absolute atomic E-state index is 6.23. The maximum atomic E-state index is 6.23. The zero-order valence-corrected chi connectivity index (χ0v) is 15.5. The highest BCUT2D eigenvalue weighted by Gasteiger charge is 2.17. The molecular formula is C19H26N6. The lowest BCUT2D eigenvalue weighted by Gasteiger charge is -2.11. The van der Waals surface area contributed by atoms with Crippen molar-refractivity contribution in [1.82, 2.24) is 19.7 Å².